The normalized spacial score (nSPS) is 18.3. The fourth-order valence-electron chi connectivity index (χ4n) is 2.83. The van der Waals surface area contributed by atoms with Crippen LogP contribution in [0.15, 0.2) is 12.1 Å². The molecule has 1 aromatic carbocycles. The Kier molecular flexibility index (Phi) is 3.79. The van der Waals surface area contributed by atoms with Crippen molar-refractivity contribution in [1.29, 1.82) is 5.26 Å². The summed E-state index contributed by atoms with van der Waals surface area (Å²) in [5.74, 6) is 0.853. The molecule has 1 aliphatic heterocycles. The predicted molar refractivity (Wildman–Crippen MR) is 73.1 cm³/mol. The molecule has 1 heterocycles. The number of nitriles is 1. The molecule has 1 aromatic rings. The van der Waals surface area contributed by atoms with Crippen LogP contribution in [0.3, 0.4) is 0 Å². The van der Waals surface area contributed by atoms with Crippen LogP contribution in [-0.2, 0) is 4.74 Å². The van der Waals surface area contributed by atoms with Crippen molar-refractivity contribution >= 4 is 0 Å². The number of hydrogen-bond donors (Lipinski definition) is 1. The second-order valence-electron chi connectivity index (χ2n) is 5.19. The van der Waals surface area contributed by atoms with Crippen LogP contribution in [-0.4, -0.2) is 27.4 Å². The quantitative estimate of drug-likeness (QED) is 0.901. The van der Waals surface area contributed by atoms with Gasteiger partial charge in [0.15, 0.2) is 0 Å². The number of benzene rings is 1. The van der Waals surface area contributed by atoms with Crippen LogP contribution >= 0.6 is 0 Å². The van der Waals surface area contributed by atoms with Crippen LogP contribution in [0.25, 0.3) is 0 Å². The van der Waals surface area contributed by atoms with Crippen LogP contribution in [0.2, 0.25) is 0 Å². The third-order valence-corrected chi connectivity index (χ3v) is 3.75. The lowest BCUT2D eigenvalue weighted by Crippen LogP contribution is -2.50. The van der Waals surface area contributed by atoms with E-state index in [1.165, 1.54) is 5.56 Å². The minimum absolute atomic E-state index is 0.0835. The number of nitrogens with one attached hydrogen (secondary N) is 1. The van der Waals surface area contributed by atoms with E-state index < -0.39 is 5.41 Å². The number of methoxy groups -OCH3 is 1. The van der Waals surface area contributed by atoms with E-state index in [1.807, 2.05) is 14.0 Å². The van der Waals surface area contributed by atoms with E-state index in [1.54, 1.807) is 7.11 Å². The average molecular weight is 260 g/mol. The van der Waals surface area contributed by atoms with Crippen molar-refractivity contribution in [3.63, 3.8) is 0 Å². The molecule has 102 valence electrons. The minimum Gasteiger partial charge on any atom is -0.496 e. The van der Waals surface area contributed by atoms with Crippen molar-refractivity contribution in [1.82, 2.24) is 5.32 Å². The lowest BCUT2D eigenvalue weighted by Gasteiger charge is -2.42. The SMILES string of the molecule is CNC(c1cc(C)cc(C)c1OC)C1(C#N)COC1. The first-order chi connectivity index (χ1) is 9.07. The molecule has 0 amide bonds. The van der Waals surface area contributed by atoms with Gasteiger partial charge in [0.05, 0.1) is 32.4 Å². The molecule has 1 unspecified atom stereocenters. The second kappa shape index (κ2) is 5.20. The molecule has 4 heteroatoms. The third-order valence-electron chi connectivity index (χ3n) is 3.75. The van der Waals surface area contributed by atoms with Crippen molar-refractivity contribution in [2.75, 3.05) is 27.4 Å². The molecule has 0 saturated carbocycles. The lowest BCUT2D eigenvalue weighted by molar-refractivity contribution is -0.0966. The molecule has 0 bridgehead atoms. The van der Waals surface area contributed by atoms with Gasteiger partial charge in [0.1, 0.15) is 11.2 Å². The first kappa shape index (κ1) is 13.9. The monoisotopic (exact) mass is 260 g/mol. The van der Waals surface area contributed by atoms with Gasteiger partial charge >= 0.3 is 0 Å². The first-order valence-electron chi connectivity index (χ1n) is 6.39. The van der Waals surface area contributed by atoms with Gasteiger partial charge in [-0.25, -0.2) is 0 Å². The lowest BCUT2D eigenvalue weighted by atomic mass is 9.75. The van der Waals surface area contributed by atoms with Gasteiger partial charge in [0.2, 0.25) is 0 Å². The van der Waals surface area contributed by atoms with E-state index in [4.69, 9.17) is 9.47 Å². The predicted octanol–water partition coefficient (Wildman–Crippen LogP) is 2.11. The summed E-state index contributed by atoms with van der Waals surface area (Å²) < 4.78 is 10.8. The summed E-state index contributed by atoms with van der Waals surface area (Å²) in [6.45, 7) is 5.01. The maximum absolute atomic E-state index is 9.49. The smallest absolute Gasteiger partial charge is 0.126 e. The molecule has 1 fully saturated rings. The Morgan fingerprint density at radius 2 is 2.11 bits per heavy atom. The molecule has 1 aliphatic rings. The second-order valence-corrected chi connectivity index (χ2v) is 5.19. The summed E-state index contributed by atoms with van der Waals surface area (Å²) in [5.41, 5.74) is 2.79. The summed E-state index contributed by atoms with van der Waals surface area (Å²) in [6.07, 6.45) is 0. The molecule has 0 radical (unpaired) electrons. The molecule has 0 spiro atoms. The standard InChI is InChI=1S/C15H20N2O2/c1-10-5-11(2)13(18-4)12(6-10)14(17-3)15(7-16)8-19-9-15/h5-6,14,17H,8-9H2,1-4H3. The van der Waals surface area contributed by atoms with E-state index in [-0.39, 0.29) is 6.04 Å². The van der Waals surface area contributed by atoms with Crippen molar-refractivity contribution < 1.29 is 9.47 Å². The van der Waals surface area contributed by atoms with Crippen LogP contribution in [0, 0.1) is 30.6 Å². The number of hydrogen-bond acceptors (Lipinski definition) is 4. The Morgan fingerprint density at radius 1 is 1.42 bits per heavy atom. The molecular weight excluding hydrogens is 240 g/mol. The highest BCUT2D eigenvalue weighted by Gasteiger charge is 2.47. The van der Waals surface area contributed by atoms with E-state index in [0.29, 0.717) is 13.2 Å². The van der Waals surface area contributed by atoms with Crippen LogP contribution in [0.1, 0.15) is 22.7 Å². The maximum atomic E-state index is 9.49. The number of aryl methyl sites for hydroxylation is 2. The van der Waals surface area contributed by atoms with Crippen LogP contribution in [0.5, 0.6) is 5.75 Å². The van der Waals surface area contributed by atoms with E-state index in [2.05, 4.69) is 30.4 Å². The van der Waals surface area contributed by atoms with Crippen molar-refractivity contribution in [3.05, 3.63) is 28.8 Å². The average Bonchev–Trinajstić information content (AvgIpc) is 2.32. The molecule has 1 saturated heterocycles. The van der Waals surface area contributed by atoms with Gasteiger partial charge in [-0.05, 0) is 26.5 Å². The van der Waals surface area contributed by atoms with Gasteiger partial charge in [0.25, 0.3) is 0 Å². The Hall–Kier alpha value is -1.57. The molecule has 0 aromatic heterocycles. The van der Waals surface area contributed by atoms with Gasteiger partial charge in [-0.1, -0.05) is 17.7 Å². The van der Waals surface area contributed by atoms with E-state index >= 15 is 0 Å². The summed E-state index contributed by atoms with van der Waals surface area (Å²) in [5, 5.41) is 12.7. The zero-order valence-electron chi connectivity index (χ0n) is 11.9. The highest BCUT2D eigenvalue weighted by atomic mass is 16.5. The third kappa shape index (κ3) is 2.20. The molecule has 1 atom stereocenters. The summed E-state index contributed by atoms with van der Waals surface area (Å²) >= 11 is 0. The summed E-state index contributed by atoms with van der Waals surface area (Å²) in [6, 6.07) is 6.50. The fourth-order valence-corrected chi connectivity index (χ4v) is 2.83. The highest BCUT2D eigenvalue weighted by Crippen LogP contribution is 2.43. The first-order valence-corrected chi connectivity index (χ1v) is 6.39. The van der Waals surface area contributed by atoms with Gasteiger partial charge in [-0.3, -0.25) is 0 Å². The zero-order valence-corrected chi connectivity index (χ0v) is 11.9. The molecule has 1 N–H and O–H groups in total. The largest absolute Gasteiger partial charge is 0.496 e. The fraction of sp³-hybridized carbons (Fsp3) is 0.533. The Balaban J connectivity index is 2.52. The molecule has 19 heavy (non-hydrogen) atoms. The molecular formula is C15H20N2O2. The van der Waals surface area contributed by atoms with Gasteiger partial charge in [-0.2, -0.15) is 5.26 Å². The highest BCUT2D eigenvalue weighted by molar-refractivity contribution is 5.47. The van der Waals surface area contributed by atoms with Crippen LogP contribution < -0.4 is 10.1 Å². The van der Waals surface area contributed by atoms with Crippen molar-refractivity contribution in [2.45, 2.75) is 19.9 Å². The van der Waals surface area contributed by atoms with E-state index in [0.717, 1.165) is 16.9 Å². The Labute approximate surface area is 114 Å². The topological polar surface area (TPSA) is 54.3 Å². The molecule has 0 aliphatic carbocycles. The zero-order chi connectivity index (χ0) is 14.0. The maximum Gasteiger partial charge on any atom is 0.126 e. The van der Waals surface area contributed by atoms with Crippen molar-refractivity contribution in [2.24, 2.45) is 5.41 Å². The Bertz CT molecular complexity index is 516. The summed E-state index contributed by atoms with van der Waals surface area (Å²) in [7, 11) is 3.55. The van der Waals surface area contributed by atoms with Crippen molar-refractivity contribution in [3.8, 4) is 11.8 Å². The van der Waals surface area contributed by atoms with Crippen LogP contribution in [0.4, 0.5) is 0 Å². The Morgan fingerprint density at radius 3 is 2.53 bits per heavy atom. The molecule has 4 nitrogen and oxygen atoms in total. The minimum atomic E-state index is -0.498. The number of ether oxygens (including phenoxy) is 2. The van der Waals surface area contributed by atoms with Gasteiger partial charge in [0, 0.05) is 5.56 Å². The number of nitrogens with zero attached hydrogens (tertiary/aromatic N) is 1. The van der Waals surface area contributed by atoms with E-state index in [9.17, 15) is 5.26 Å². The molecule has 2 rings (SSSR count). The van der Waals surface area contributed by atoms with Gasteiger partial charge in [-0.15, -0.1) is 0 Å². The number of rotatable bonds is 4. The summed E-state index contributed by atoms with van der Waals surface area (Å²) in [4.78, 5) is 0. The van der Waals surface area contributed by atoms with Gasteiger partial charge < -0.3 is 14.8 Å².